The molecule has 1 aromatic heterocycles. The first-order valence-corrected chi connectivity index (χ1v) is 6.73. The van der Waals surface area contributed by atoms with Gasteiger partial charge in [0.15, 0.2) is 0 Å². The molecule has 1 aromatic rings. The molecule has 1 saturated heterocycles. The maximum atomic E-state index is 12.1. The van der Waals surface area contributed by atoms with E-state index < -0.39 is 5.54 Å². The highest BCUT2D eigenvalue weighted by molar-refractivity contribution is 6.07. The summed E-state index contributed by atoms with van der Waals surface area (Å²) in [5, 5.41) is 2.47. The summed E-state index contributed by atoms with van der Waals surface area (Å²) in [5.41, 5.74) is -0.581. The van der Waals surface area contributed by atoms with E-state index in [4.69, 9.17) is 0 Å². The molecule has 1 N–H and O–H groups in total. The summed E-state index contributed by atoms with van der Waals surface area (Å²) < 4.78 is 1.94. The molecule has 2 heterocycles. The molecule has 1 saturated carbocycles. The van der Waals surface area contributed by atoms with E-state index in [1.54, 1.807) is 11.1 Å². The number of hydrogen-bond acceptors (Lipinski definition) is 3. The maximum absolute atomic E-state index is 12.1. The Hall–Kier alpha value is -1.85. The van der Waals surface area contributed by atoms with E-state index in [9.17, 15) is 9.59 Å². The van der Waals surface area contributed by atoms with Gasteiger partial charge in [-0.05, 0) is 12.8 Å². The summed E-state index contributed by atoms with van der Waals surface area (Å²) in [5.74, 6) is 0.815. The fourth-order valence-corrected chi connectivity index (χ4v) is 3.22. The van der Waals surface area contributed by atoms with Gasteiger partial charge in [0, 0.05) is 32.4 Å². The fourth-order valence-electron chi connectivity index (χ4n) is 3.22. The molecule has 0 unspecified atom stereocenters. The van der Waals surface area contributed by atoms with E-state index in [0.717, 1.165) is 31.5 Å². The topological polar surface area (TPSA) is 67.2 Å². The summed E-state index contributed by atoms with van der Waals surface area (Å²) in [4.78, 5) is 30.0. The second-order valence-corrected chi connectivity index (χ2v) is 5.35. The van der Waals surface area contributed by atoms with Crippen molar-refractivity contribution < 1.29 is 9.59 Å². The number of rotatable bonds is 3. The molecule has 1 spiro atoms. The summed E-state index contributed by atoms with van der Waals surface area (Å²) in [6, 6.07) is -0.249. The van der Waals surface area contributed by atoms with E-state index in [1.807, 2.05) is 17.8 Å². The molecular weight excluding hydrogens is 244 g/mol. The van der Waals surface area contributed by atoms with Crippen LogP contribution in [0, 0.1) is 0 Å². The number of amides is 3. The molecule has 19 heavy (non-hydrogen) atoms. The van der Waals surface area contributed by atoms with Crippen molar-refractivity contribution in [3.63, 3.8) is 0 Å². The van der Waals surface area contributed by atoms with Crippen molar-refractivity contribution in [3.05, 3.63) is 18.2 Å². The van der Waals surface area contributed by atoms with E-state index in [-0.39, 0.29) is 11.9 Å². The summed E-state index contributed by atoms with van der Waals surface area (Å²) in [6.45, 7) is 0.544. The normalized spacial score (nSPS) is 21.4. The SMILES string of the molecule is Cn1ccnc1CCN1C(=O)NC(=O)C12CCCC2. The van der Waals surface area contributed by atoms with Crippen LogP contribution in [0.25, 0.3) is 0 Å². The zero-order valence-corrected chi connectivity index (χ0v) is 11.1. The fraction of sp³-hybridized carbons (Fsp3) is 0.615. The Balaban J connectivity index is 1.77. The van der Waals surface area contributed by atoms with Crippen LogP contribution >= 0.6 is 0 Å². The van der Waals surface area contributed by atoms with Gasteiger partial charge in [-0.3, -0.25) is 10.1 Å². The van der Waals surface area contributed by atoms with Crippen molar-refractivity contribution in [2.75, 3.05) is 6.54 Å². The van der Waals surface area contributed by atoms with Gasteiger partial charge in [-0.1, -0.05) is 12.8 Å². The highest BCUT2D eigenvalue weighted by Gasteiger charge is 2.53. The van der Waals surface area contributed by atoms with E-state index in [1.165, 1.54) is 0 Å². The zero-order valence-electron chi connectivity index (χ0n) is 11.1. The minimum absolute atomic E-state index is 0.116. The number of hydrogen-bond donors (Lipinski definition) is 1. The van der Waals surface area contributed by atoms with E-state index in [0.29, 0.717) is 13.0 Å². The lowest BCUT2D eigenvalue weighted by molar-refractivity contribution is -0.126. The van der Waals surface area contributed by atoms with Crippen LogP contribution in [0.4, 0.5) is 4.79 Å². The van der Waals surface area contributed by atoms with E-state index in [2.05, 4.69) is 10.3 Å². The molecule has 2 aliphatic rings. The molecule has 102 valence electrons. The first-order chi connectivity index (χ1) is 9.13. The van der Waals surface area contributed by atoms with Gasteiger partial charge < -0.3 is 9.47 Å². The zero-order chi connectivity index (χ0) is 13.5. The number of aromatic nitrogens is 2. The standard InChI is InChI=1S/C13H18N4O2/c1-16-9-7-14-10(16)4-8-17-12(19)15-11(18)13(17)5-2-3-6-13/h7,9H,2-6,8H2,1H3,(H,15,18,19). The number of aryl methyl sites for hydroxylation is 1. The number of nitrogens with one attached hydrogen (secondary N) is 1. The average molecular weight is 262 g/mol. The van der Waals surface area contributed by atoms with Crippen LogP contribution in [-0.4, -0.2) is 38.5 Å². The monoisotopic (exact) mass is 262 g/mol. The number of urea groups is 1. The van der Waals surface area contributed by atoms with Crippen molar-refractivity contribution in [2.24, 2.45) is 7.05 Å². The first-order valence-electron chi connectivity index (χ1n) is 6.73. The largest absolute Gasteiger partial charge is 0.338 e. The molecule has 0 aromatic carbocycles. The minimum atomic E-state index is -0.581. The second-order valence-electron chi connectivity index (χ2n) is 5.35. The van der Waals surface area contributed by atoms with Crippen LogP contribution in [0.3, 0.4) is 0 Å². The van der Waals surface area contributed by atoms with Crippen LogP contribution in [-0.2, 0) is 18.3 Å². The molecule has 0 radical (unpaired) electrons. The lowest BCUT2D eigenvalue weighted by Crippen LogP contribution is -2.48. The lowest BCUT2D eigenvalue weighted by Gasteiger charge is -2.31. The molecule has 0 bridgehead atoms. The van der Waals surface area contributed by atoms with Gasteiger partial charge >= 0.3 is 6.03 Å². The predicted molar refractivity (Wildman–Crippen MR) is 68.4 cm³/mol. The molecule has 2 fully saturated rings. The third-order valence-corrected chi connectivity index (χ3v) is 4.32. The third-order valence-electron chi connectivity index (χ3n) is 4.32. The van der Waals surface area contributed by atoms with Crippen molar-refractivity contribution in [1.29, 1.82) is 0 Å². The van der Waals surface area contributed by atoms with Gasteiger partial charge in [0.1, 0.15) is 11.4 Å². The molecule has 3 rings (SSSR count). The van der Waals surface area contributed by atoms with Crippen molar-refractivity contribution in [2.45, 2.75) is 37.6 Å². The van der Waals surface area contributed by atoms with Gasteiger partial charge in [0.05, 0.1) is 0 Å². The van der Waals surface area contributed by atoms with Crippen LogP contribution in [0.2, 0.25) is 0 Å². The van der Waals surface area contributed by atoms with Gasteiger partial charge in [0.25, 0.3) is 5.91 Å². The van der Waals surface area contributed by atoms with Gasteiger partial charge in [0.2, 0.25) is 0 Å². The summed E-state index contributed by atoms with van der Waals surface area (Å²) >= 11 is 0. The Labute approximate surface area is 111 Å². The Bertz CT molecular complexity index is 516. The van der Waals surface area contributed by atoms with Crippen molar-refractivity contribution >= 4 is 11.9 Å². The molecule has 1 aliphatic carbocycles. The van der Waals surface area contributed by atoms with Gasteiger partial charge in [-0.15, -0.1) is 0 Å². The average Bonchev–Trinajstić information content (AvgIpc) is 3.04. The van der Waals surface area contributed by atoms with Crippen molar-refractivity contribution in [1.82, 2.24) is 19.8 Å². The third kappa shape index (κ3) is 1.82. The Morgan fingerprint density at radius 3 is 2.74 bits per heavy atom. The first kappa shape index (κ1) is 12.2. The second kappa shape index (κ2) is 4.36. The molecular formula is C13H18N4O2. The Morgan fingerprint density at radius 1 is 1.37 bits per heavy atom. The molecule has 0 atom stereocenters. The summed E-state index contributed by atoms with van der Waals surface area (Å²) in [7, 11) is 1.93. The van der Waals surface area contributed by atoms with Crippen LogP contribution in [0.15, 0.2) is 12.4 Å². The Morgan fingerprint density at radius 2 is 2.11 bits per heavy atom. The van der Waals surface area contributed by atoms with Gasteiger partial charge in [-0.25, -0.2) is 9.78 Å². The smallest absolute Gasteiger partial charge is 0.325 e. The Kier molecular flexibility index (Phi) is 2.80. The highest BCUT2D eigenvalue weighted by Crippen LogP contribution is 2.38. The molecule has 3 amide bonds. The number of imidazole rings is 1. The molecule has 1 aliphatic heterocycles. The van der Waals surface area contributed by atoms with E-state index >= 15 is 0 Å². The molecule has 6 nitrogen and oxygen atoms in total. The number of carbonyl (C=O) groups is 2. The van der Waals surface area contributed by atoms with Crippen LogP contribution in [0.1, 0.15) is 31.5 Å². The van der Waals surface area contributed by atoms with Crippen LogP contribution < -0.4 is 5.32 Å². The molecule has 6 heteroatoms. The van der Waals surface area contributed by atoms with Crippen molar-refractivity contribution in [3.8, 4) is 0 Å². The lowest BCUT2D eigenvalue weighted by atomic mass is 9.96. The maximum Gasteiger partial charge on any atom is 0.325 e. The predicted octanol–water partition coefficient (Wildman–Crippen LogP) is 0.827. The van der Waals surface area contributed by atoms with Gasteiger partial charge in [-0.2, -0.15) is 0 Å². The van der Waals surface area contributed by atoms with Crippen LogP contribution in [0.5, 0.6) is 0 Å². The quantitative estimate of drug-likeness (QED) is 0.820. The highest BCUT2D eigenvalue weighted by atomic mass is 16.2. The summed E-state index contributed by atoms with van der Waals surface area (Å²) in [6.07, 6.45) is 7.90. The number of imide groups is 1. The minimum Gasteiger partial charge on any atom is -0.338 e. The number of carbonyl (C=O) groups excluding carboxylic acids is 2. The number of nitrogens with zero attached hydrogens (tertiary/aromatic N) is 3.